The summed E-state index contributed by atoms with van der Waals surface area (Å²) in [6, 6.07) is 15.8. The first-order valence-electron chi connectivity index (χ1n) is 13.1. The van der Waals surface area contributed by atoms with E-state index in [-0.39, 0.29) is 30.2 Å². The van der Waals surface area contributed by atoms with Crippen LogP contribution in [0.1, 0.15) is 44.4 Å². The Morgan fingerprint density at radius 3 is 2.67 bits per heavy atom. The smallest absolute Gasteiger partial charge is 0.306 e. The fourth-order valence-corrected chi connectivity index (χ4v) is 6.09. The third-order valence-corrected chi connectivity index (χ3v) is 7.99. The van der Waals surface area contributed by atoms with Crippen LogP contribution < -0.4 is 5.73 Å². The number of nitrogen functional groups attached to an aromatic ring is 1. The molecule has 3 aliphatic rings. The van der Waals surface area contributed by atoms with E-state index in [9.17, 15) is 10.1 Å². The van der Waals surface area contributed by atoms with Crippen LogP contribution in [0.3, 0.4) is 0 Å². The first kappa shape index (κ1) is 25.7. The van der Waals surface area contributed by atoms with Crippen LogP contribution in [0.2, 0.25) is 0 Å². The number of rotatable bonds is 6. The zero-order valence-electron chi connectivity index (χ0n) is 21.9. The molecule has 0 unspecified atom stereocenters. The van der Waals surface area contributed by atoms with E-state index < -0.39 is 29.7 Å². The van der Waals surface area contributed by atoms with Crippen molar-refractivity contribution in [2.75, 3.05) is 25.6 Å². The zero-order chi connectivity index (χ0) is 27.3. The highest BCUT2D eigenvalue weighted by molar-refractivity contribution is 5.71. The molecule has 1 aromatic carbocycles. The largest absolute Gasteiger partial charge is 0.463 e. The van der Waals surface area contributed by atoms with E-state index in [1.165, 1.54) is 10.8 Å². The van der Waals surface area contributed by atoms with E-state index in [0.717, 1.165) is 18.4 Å². The summed E-state index contributed by atoms with van der Waals surface area (Å²) >= 11 is 0. The summed E-state index contributed by atoms with van der Waals surface area (Å²) in [6.45, 7) is 4.64. The highest BCUT2D eigenvalue weighted by atomic mass is 16.8. The number of esters is 1. The molecule has 2 aromatic heterocycles. The van der Waals surface area contributed by atoms with Crippen molar-refractivity contribution < 1.29 is 28.5 Å². The van der Waals surface area contributed by atoms with Crippen molar-refractivity contribution in [3.05, 3.63) is 60.0 Å². The predicted molar refractivity (Wildman–Crippen MR) is 137 cm³/mol. The fourth-order valence-electron chi connectivity index (χ4n) is 6.09. The third-order valence-electron chi connectivity index (χ3n) is 7.99. The number of nitriles is 1. The number of hydrogen-bond acceptors (Lipinski definition) is 10. The Morgan fingerprint density at radius 1 is 1.15 bits per heavy atom. The number of nitrogens with zero attached hydrogens (tertiary/aromatic N) is 4. The maximum absolute atomic E-state index is 13.2. The number of fused-ring (bicyclic) bond motifs is 2. The topological polar surface area (TPSA) is 143 Å². The van der Waals surface area contributed by atoms with Gasteiger partial charge in [-0.25, -0.2) is 9.50 Å². The van der Waals surface area contributed by atoms with E-state index in [2.05, 4.69) is 28.3 Å². The third kappa shape index (κ3) is 4.33. The second kappa shape index (κ2) is 9.57. The summed E-state index contributed by atoms with van der Waals surface area (Å²) in [6.07, 6.45) is 0.805. The molecule has 0 saturated carbocycles. The molecule has 0 spiro atoms. The monoisotopic (exact) mass is 533 g/mol. The van der Waals surface area contributed by atoms with Crippen LogP contribution in [-0.2, 0) is 39.5 Å². The van der Waals surface area contributed by atoms with Crippen molar-refractivity contribution in [1.29, 1.82) is 5.26 Å². The number of carbonyl (C=O) groups is 1. The van der Waals surface area contributed by atoms with Crippen LogP contribution in [0.4, 0.5) is 5.82 Å². The van der Waals surface area contributed by atoms with Crippen molar-refractivity contribution in [3.8, 4) is 6.07 Å². The van der Waals surface area contributed by atoms with Crippen LogP contribution in [0.15, 0.2) is 48.8 Å². The molecule has 3 aliphatic heterocycles. The van der Waals surface area contributed by atoms with E-state index in [4.69, 9.17) is 29.4 Å². The first-order valence-corrected chi connectivity index (χ1v) is 13.1. The highest BCUT2D eigenvalue weighted by Gasteiger charge is 2.65. The van der Waals surface area contributed by atoms with Gasteiger partial charge in [-0.15, -0.1) is 0 Å². The Hall–Kier alpha value is -3.56. The molecule has 0 amide bonds. The van der Waals surface area contributed by atoms with Crippen LogP contribution in [0.25, 0.3) is 5.52 Å². The molecule has 2 N–H and O–H groups in total. The first-order chi connectivity index (χ1) is 18.8. The van der Waals surface area contributed by atoms with Gasteiger partial charge in [0.2, 0.25) is 5.60 Å². The number of benzene rings is 1. The number of hydrogen-bond donors (Lipinski definition) is 1. The Kier molecular flexibility index (Phi) is 6.31. The number of ether oxygens (including phenoxy) is 5. The molecule has 3 aromatic rings. The molecule has 0 bridgehead atoms. The summed E-state index contributed by atoms with van der Waals surface area (Å²) < 4.78 is 31.7. The van der Waals surface area contributed by atoms with Gasteiger partial charge in [-0.2, -0.15) is 10.4 Å². The molecule has 0 radical (unpaired) electrons. The summed E-state index contributed by atoms with van der Waals surface area (Å²) in [4.78, 5) is 17.3. The highest BCUT2D eigenvalue weighted by Crippen LogP contribution is 2.49. The van der Waals surface area contributed by atoms with Crippen LogP contribution in [0.5, 0.6) is 0 Å². The summed E-state index contributed by atoms with van der Waals surface area (Å²) in [7, 11) is 0. The number of nitrogens with two attached hydrogens (primary N) is 1. The summed E-state index contributed by atoms with van der Waals surface area (Å²) in [5.41, 5.74) is 6.17. The molecule has 6 rings (SSSR count). The minimum atomic E-state index is -1.57. The van der Waals surface area contributed by atoms with Crippen molar-refractivity contribution >= 4 is 17.3 Å². The molecule has 11 nitrogen and oxygen atoms in total. The van der Waals surface area contributed by atoms with Crippen molar-refractivity contribution in [1.82, 2.24) is 14.6 Å². The van der Waals surface area contributed by atoms with E-state index in [1.807, 2.05) is 18.2 Å². The zero-order valence-corrected chi connectivity index (χ0v) is 21.9. The van der Waals surface area contributed by atoms with Gasteiger partial charge in [0.15, 0.2) is 11.6 Å². The molecule has 3 fully saturated rings. The maximum atomic E-state index is 13.2. The van der Waals surface area contributed by atoms with Crippen molar-refractivity contribution in [3.63, 3.8) is 0 Å². The van der Waals surface area contributed by atoms with Gasteiger partial charge in [0.1, 0.15) is 42.8 Å². The molecule has 0 aliphatic carbocycles. The van der Waals surface area contributed by atoms with E-state index in [0.29, 0.717) is 24.4 Å². The van der Waals surface area contributed by atoms with Gasteiger partial charge < -0.3 is 29.4 Å². The number of carbonyl (C=O) groups excluding carboxylic acids is 1. The number of anilines is 1. The lowest BCUT2D eigenvalue weighted by atomic mass is 9.72. The van der Waals surface area contributed by atoms with Gasteiger partial charge in [0.05, 0.1) is 12.1 Å². The average molecular weight is 534 g/mol. The van der Waals surface area contributed by atoms with Gasteiger partial charge in [0.25, 0.3) is 0 Å². The van der Waals surface area contributed by atoms with Crippen molar-refractivity contribution in [2.24, 2.45) is 0 Å². The summed E-state index contributed by atoms with van der Waals surface area (Å²) in [5, 5.41) is 14.8. The Bertz CT molecular complexity index is 1410. The van der Waals surface area contributed by atoms with Gasteiger partial charge in [-0.05, 0) is 44.4 Å². The maximum Gasteiger partial charge on any atom is 0.306 e. The second-order valence-corrected chi connectivity index (χ2v) is 10.8. The minimum absolute atomic E-state index is 0.0926. The lowest BCUT2D eigenvalue weighted by Crippen LogP contribution is -2.40. The molecule has 39 heavy (non-hydrogen) atoms. The lowest BCUT2D eigenvalue weighted by molar-refractivity contribution is -0.207. The average Bonchev–Trinajstić information content (AvgIpc) is 3.59. The second-order valence-electron chi connectivity index (χ2n) is 10.8. The normalized spacial score (nSPS) is 29.1. The quantitative estimate of drug-likeness (QED) is 0.470. The van der Waals surface area contributed by atoms with Gasteiger partial charge in [-0.1, -0.05) is 30.3 Å². The van der Waals surface area contributed by atoms with E-state index in [1.54, 1.807) is 26.0 Å². The lowest BCUT2D eigenvalue weighted by Gasteiger charge is -2.37. The SMILES string of the molecule is CC1(C)O[C@H]2[C@@H](O1)[C@](C#N)(c1ccc3c(N)ncnn13)O[C@@H]2COC(=O)CC1(c2ccccc2)CCOCC1. The molecule has 4 atom stereocenters. The molecular formula is C28H31N5O6. The van der Waals surface area contributed by atoms with Gasteiger partial charge >= 0.3 is 5.97 Å². The molecule has 5 heterocycles. The van der Waals surface area contributed by atoms with Crippen LogP contribution in [0, 0.1) is 11.3 Å². The molecule has 204 valence electrons. The summed E-state index contributed by atoms with van der Waals surface area (Å²) in [5.74, 6) is -1.04. The van der Waals surface area contributed by atoms with Crippen LogP contribution >= 0.6 is 0 Å². The van der Waals surface area contributed by atoms with Gasteiger partial charge in [-0.3, -0.25) is 4.79 Å². The Balaban J connectivity index is 1.25. The minimum Gasteiger partial charge on any atom is -0.463 e. The fraction of sp³-hybridized carbons (Fsp3) is 0.500. The Labute approximate surface area is 225 Å². The van der Waals surface area contributed by atoms with Gasteiger partial charge in [0, 0.05) is 18.6 Å². The van der Waals surface area contributed by atoms with E-state index >= 15 is 0 Å². The molecule has 3 saturated heterocycles. The molecular weight excluding hydrogens is 502 g/mol. The number of aromatic nitrogens is 3. The molecule has 11 heteroatoms. The van der Waals surface area contributed by atoms with Crippen LogP contribution in [-0.4, -0.2) is 64.5 Å². The Morgan fingerprint density at radius 2 is 1.92 bits per heavy atom. The standard InChI is InChI=1S/C28H31N5O6/c1-26(2)38-23-20(15-36-22(34)14-27(10-12-35-13-11-27)18-6-4-3-5-7-18)37-28(16-29,24(23)39-26)21-9-8-19-25(30)31-17-32-33(19)21/h3-9,17,20,23-24H,10-15H2,1-2H3,(H2,30,31,32)/t20-,23-,24-,28+/m1/s1. The van der Waals surface area contributed by atoms with Crippen molar-refractivity contribution in [2.45, 2.75) is 68.2 Å². The predicted octanol–water partition coefficient (Wildman–Crippen LogP) is 2.63.